The van der Waals surface area contributed by atoms with E-state index < -0.39 is 22.6 Å². The molecule has 3 fully saturated rings. The van der Waals surface area contributed by atoms with Gasteiger partial charge in [-0.1, -0.05) is 18.6 Å². The van der Waals surface area contributed by atoms with Crippen LogP contribution in [0.2, 0.25) is 0 Å². The SMILES string of the molecule is N#Cc1cnc([C@]2(C(N)=O)[C@H]3C=C[C@H](C34CC4)[C@@]2(CCCCN2CCCC2)C(N)=O)s1. The standard InChI is InChI=1S/C23H29N5O2S/c24-13-15-14-27-20(31-15)23(19(26)30)17-6-5-16(21(17)8-9-21)22(23,18(25)29)7-1-2-10-28-11-3-4-12-28/h5-6,14,16-17H,1-4,7-12H2,(H2,25,29)(H2,26,30)/t16-,17+,22+,23-/m1/s1. The lowest BCUT2D eigenvalue weighted by Crippen LogP contribution is -2.62. The lowest BCUT2D eigenvalue weighted by Gasteiger charge is -2.46. The molecule has 4 aliphatic rings. The number of likely N-dealkylation sites (tertiary alicyclic amines) is 1. The van der Waals surface area contributed by atoms with Crippen LogP contribution in [-0.4, -0.2) is 41.3 Å². The fourth-order valence-electron chi connectivity index (χ4n) is 7.20. The molecule has 1 spiro atoms. The highest BCUT2D eigenvalue weighted by molar-refractivity contribution is 7.12. The predicted octanol–water partition coefficient (Wildman–Crippen LogP) is 2.07. The minimum Gasteiger partial charge on any atom is -0.369 e. The molecule has 7 nitrogen and oxygen atoms in total. The van der Waals surface area contributed by atoms with E-state index in [0.29, 0.717) is 16.3 Å². The number of unbranched alkanes of at least 4 members (excludes halogenated alkanes) is 1. The van der Waals surface area contributed by atoms with Crippen LogP contribution in [0.4, 0.5) is 0 Å². The number of allylic oxidation sites excluding steroid dienone is 2. The molecule has 2 amide bonds. The topological polar surface area (TPSA) is 126 Å². The van der Waals surface area contributed by atoms with Crippen LogP contribution in [0.5, 0.6) is 0 Å². The predicted molar refractivity (Wildman–Crippen MR) is 117 cm³/mol. The molecular weight excluding hydrogens is 410 g/mol. The van der Waals surface area contributed by atoms with Crippen molar-refractivity contribution in [2.45, 2.75) is 50.4 Å². The molecule has 2 heterocycles. The molecule has 5 rings (SSSR count). The fourth-order valence-corrected chi connectivity index (χ4v) is 8.23. The Bertz CT molecular complexity index is 986. The Morgan fingerprint density at radius 3 is 2.45 bits per heavy atom. The Kier molecular flexibility index (Phi) is 4.76. The van der Waals surface area contributed by atoms with E-state index in [2.05, 4.69) is 28.1 Å². The second-order valence-electron chi connectivity index (χ2n) is 9.73. The van der Waals surface area contributed by atoms with E-state index in [1.807, 2.05) is 0 Å². The molecule has 2 bridgehead atoms. The Labute approximate surface area is 186 Å². The number of nitrogens with two attached hydrogens (primary N) is 2. The van der Waals surface area contributed by atoms with Crippen LogP contribution in [0.15, 0.2) is 18.3 Å². The summed E-state index contributed by atoms with van der Waals surface area (Å²) in [6.07, 6.45) is 12.4. The van der Waals surface area contributed by atoms with Gasteiger partial charge in [-0.05, 0) is 69.5 Å². The van der Waals surface area contributed by atoms with Crippen molar-refractivity contribution in [2.75, 3.05) is 19.6 Å². The van der Waals surface area contributed by atoms with Crippen molar-refractivity contribution in [2.24, 2.45) is 34.1 Å². The first-order valence-electron chi connectivity index (χ1n) is 11.3. The highest BCUT2D eigenvalue weighted by Gasteiger charge is 2.83. The van der Waals surface area contributed by atoms with Crippen LogP contribution < -0.4 is 11.5 Å². The Balaban J connectivity index is 1.56. The number of hydrogen-bond acceptors (Lipinski definition) is 6. The molecule has 0 radical (unpaired) electrons. The number of rotatable bonds is 8. The first-order valence-corrected chi connectivity index (χ1v) is 12.1. The van der Waals surface area contributed by atoms with Crippen molar-refractivity contribution < 1.29 is 9.59 Å². The molecule has 0 aromatic carbocycles. The maximum Gasteiger partial charge on any atom is 0.232 e. The van der Waals surface area contributed by atoms with Crippen molar-refractivity contribution >= 4 is 23.2 Å². The van der Waals surface area contributed by atoms with Gasteiger partial charge < -0.3 is 16.4 Å². The number of carbonyl (C=O) groups is 2. The minimum absolute atomic E-state index is 0.101. The third-order valence-electron chi connectivity index (χ3n) is 8.54. The van der Waals surface area contributed by atoms with Gasteiger partial charge in [0.1, 0.15) is 21.4 Å². The zero-order valence-corrected chi connectivity index (χ0v) is 18.5. The first kappa shape index (κ1) is 20.7. The number of nitrogens with zero attached hydrogens (tertiary/aromatic N) is 3. The Hall–Kier alpha value is -2.24. The largest absolute Gasteiger partial charge is 0.369 e. The fraction of sp³-hybridized carbons (Fsp3) is 0.652. The minimum atomic E-state index is -1.28. The van der Waals surface area contributed by atoms with Gasteiger partial charge in [-0.2, -0.15) is 5.26 Å². The monoisotopic (exact) mass is 439 g/mol. The van der Waals surface area contributed by atoms with E-state index in [1.165, 1.54) is 30.4 Å². The quantitative estimate of drug-likeness (QED) is 0.474. The molecule has 1 aliphatic heterocycles. The summed E-state index contributed by atoms with van der Waals surface area (Å²) < 4.78 is 0. The summed E-state index contributed by atoms with van der Waals surface area (Å²) in [5.74, 6) is -1.28. The van der Waals surface area contributed by atoms with Gasteiger partial charge in [-0.3, -0.25) is 9.59 Å². The molecule has 4 N–H and O–H groups in total. The normalized spacial score (nSPS) is 34.9. The second-order valence-corrected chi connectivity index (χ2v) is 10.8. The molecule has 2 saturated carbocycles. The van der Waals surface area contributed by atoms with E-state index in [0.717, 1.165) is 45.3 Å². The van der Waals surface area contributed by atoms with Gasteiger partial charge in [0.15, 0.2) is 0 Å². The van der Waals surface area contributed by atoms with Gasteiger partial charge in [-0.15, -0.1) is 11.3 Å². The summed E-state index contributed by atoms with van der Waals surface area (Å²) in [7, 11) is 0. The summed E-state index contributed by atoms with van der Waals surface area (Å²) in [6, 6.07) is 2.11. The molecule has 1 saturated heterocycles. The molecule has 8 heteroatoms. The number of thiazole rings is 1. The summed E-state index contributed by atoms with van der Waals surface area (Å²) in [5, 5.41) is 9.86. The molecular formula is C23H29N5O2S. The molecule has 0 unspecified atom stereocenters. The van der Waals surface area contributed by atoms with Crippen molar-refractivity contribution in [1.82, 2.24) is 9.88 Å². The molecule has 1 aromatic heterocycles. The molecule has 4 atom stereocenters. The van der Waals surface area contributed by atoms with E-state index >= 15 is 0 Å². The average molecular weight is 440 g/mol. The first-order chi connectivity index (χ1) is 14.9. The van der Waals surface area contributed by atoms with Crippen LogP contribution in [0.3, 0.4) is 0 Å². The zero-order chi connectivity index (χ0) is 21.9. The molecule has 1 aromatic rings. The number of hydrogen-bond donors (Lipinski definition) is 2. The maximum absolute atomic E-state index is 13.3. The maximum atomic E-state index is 13.3. The second kappa shape index (κ2) is 7.14. The van der Waals surface area contributed by atoms with Gasteiger partial charge in [0.25, 0.3) is 0 Å². The van der Waals surface area contributed by atoms with E-state index in [4.69, 9.17) is 11.5 Å². The van der Waals surface area contributed by atoms with Crippen LogP contribution in [0.1, 0.15) is 54.8 Å². The summed E-state index contributed by atoms with van der Waals surface area (Å²) in [6.45, 7) is 3.28. The van der Waals surface area contributed by atoms with Gasteiger partial charge in [0.05, 0.1) is 11.6 Å². The van der Waals surface area contributed by atoms with Gasteiger partial charge in [-0.25, -0.2) is 4.98 Å². The van der Waals surface area contributed by atoms with Crippen LogP contribution in [0, 0.1) is 34.0 Å². The van der Waals surface area contributed by atoms with E-state index in [-0.39, 0.29) is 17.3 Å². The molecule has 3 aliphatic carbocycles. The van der Waals surface area contributed by atoms with E-state index in [1.54, 1.807) is 0 Å². The Morgan fingerprint density at radius 2 is 1.87 bits per heavy atom. The summed E-state index contributed by atoms with van der Waals surface area (Å²) in [4.78, 5) is 34.0. The Morgan fingerprint density at radius 1 is 1.16 bits per heavy atom. The van der Waals surface area contributed by atoms with Gasteiger partial charge in [0.2, 0.25) is 11.8 Å². The van der Waals surface area contributed by atoms with Crippen molar-refractivity contribution in [3.63, 3.8) is 0 Å². The number of aromatic nitrogens is 1. The average Bonchev–Trinajstić information content (AvgIpc) is 3.11. The molecule has 164 valence electrons. The van der Waals surface area contributed by atoms with Gasteiger partial charge in [0, 0.05) is 5.92 Å². The van der Waals surface area contributed by atoms with Gasteiger partial charge >= 0.3 is 0 Å². The third kappa shape index (κ3) is 2.56. The van der Waals surface area contributed by atoms with Crippen molar-refractivity contribution in [3.05, 3.63) is 28.2 Å². The number of nitriles is 1. The third-order valence-corrected chi connectivity index (χ3v) is 9.58. The lowest BCUT2D eigenvalue weighted by atomic mass is 9.55. The van der Waals surface area contributed by atoms with Crippen LogP contribution in [-0.2, 0) is 15.0 Å². The smallest absolute Gasteiger partial charge is 0.232 e. The lowest BCUT2D eigenvalue weighted by molar-refractivity contribution is -0.143. The number of carbonyl (C=O) groups excluding carboxylic acids is 2. The van der Waals surface area contributed by atoms with Crippen molar-refractivity contribution in [3.8, 4) is 6.07 Å². The zero-order valence-electron chi connectivity index (χ0n) is 17.7. The number of amides is 2. The molecule has 31 heavy (non-hydrogen) atoms. The van der Waals surface area contributed by atoms with E-state index in [9.17, 15) is 14.9 Å². The van der Waals surface area contributed by atoms with Crippen molar-refractivity contribution in [1.29, 1.82) is 5.26 Å². The van der Waals surface area contributed by atoms with Crippen LogP contribution in [0.25, 0.3) is 0 Å². The summed E-state index contributed by atoms with van der Waals surface area (Å²) in [5.41, 5.74) is 9.85. The highest BCUT2D eigenvalue weighted by Crippen LogP contribution is 2.80. The number of primary amides is 2. The highest BCUT2D eigenvalue weighted by atomic mass is 32.1. The summed E-state index contributed by atoms with van der Waals surface area (Å²) >= 11 is 1.18. The van der Waals surface area contributed by atoms with Crippen LogP contribution >= 0.6 is 11.3 Å².